The molecule has 0 saturated heterocycles. The van der Waals surface area contributed by atoms with Crippen molar-refractivity contribution in [3.05, 3.63) is 41.1 Å². The number of pyridine rings is 1. The second kappa shape index (κ2) is 4.09. The molecule has 0 bridgehead atoms. The number of nitrogen functional groups attached to an aromatic ring is 1. The monoisotopic (exact) mass is 305 g/mol. The van der Waals surface area contributed by atoms with Crippen molar-refractivity contribution in [3.8, 4) is 10.6 Å². The van der Waals surface area contributed by atoms with Crippen LogP contribution in [-0.2, 0) is 0 Å². The van der Waals surface area contributed by atoms with E-state index in [9.17, 15) is 0 Å². The number of thiazole rings is 1. The predicted molar refractivity (Wildman–Crippen MR) is 75.0 cm³/mol. The van der Waals surface area contributed by atoms with Crippen LogP contribution in [0.1, 0.15) is 0 Å². The number of hydrogen-bond donors (Lipinski definition) is 1. The number of rotatable bonds is 1. The molecular weight excluding hydrogens is 298 g/mol. The molecule has 1 aromatic carbocycles. The third kappa shape index (κ3) is 2.03. The van der Waals surface area contributed by atoms with Crippen molar-refractivity contribution in [3.63, 3.8) is 0 Å². The molecule has 2 aromatic heterocycles. The summed E-state index contributed by atoms with van der Waals surface area (Å²) in [6.45, 7) is 0. The Kier molecular flexibility index (Phi) is 2.57. The van der Waals surface area contributed by atoms with Crippen molar-refractivity contribution < 1.29 is 0 Å². The van der Waals surface area contributed by atoms with Gasteiger partial charge < -0.3 is 5.73 Å². The Morgan fingerprint density at radius 3 is 2.88 bits per heavy atom. The van der Waals surface area contributed by atoms with E-state index in [0.29, 0.717) is 5.69 Å². The van der Waals surface area contributed by atoms with Gasteiger partial charge in [-0.3, -0.25) is 4.98 Å². The largest absolute Gasteiger partial charge is 0.397 e. The van der Waals surface area contributed by atoms with Crippen molar-refractivity contribution in [2.75, 3.05) is 5.73 Å². The van der Waals surface area contributed by atoms with Gasteiger partial charge in [-0.25, -0.2) is 4.98 Å². The minimum Gasteiger partial charge on any atom is -0.397 e. The summed E-state index contributed by atoms with van der Waals surface area (Å²) in [5.74, 6) is 0. The standard InChI is InChI=1S/C12H8BrN3S/c13-8-1-2-10-11(4-8)17-12(16-10)7-3-9(14)6-15-5-7/h1-6H,14H2. The zero-order valence-electron chi connectivity index (χ0n) is 8.72. The Morgan fingerprint density at radius 1 is 1.18 bits per heavy atom. The van der Waals surface area contributed by atoms with E-state index in [2.05, 4.69) is 32.0 Å². The zero-order chi connectivity index (χ0) is 11.8. The number of benzene rings is 1. The van der Waals surface area contributed by atoms with Crippen molar-refractivity contribution in [2.24, 2.45) is 0 Å². The molecule has 84 valence electrons. The molecule has 0 fully saturated rings. The number of hydrogen-bond acceptors (Lipinski definition) is 4. The molecule has 0 radical (unpaired) electrons. The maximum atomic E-state index is 5.72. The average molecular weight is 306 g/mol. The lowest BCUT2D eigenvalue weighted by molar-refractivity contribution is 1.32. The maximum absolute atomic E-state index is 5.72. The van der Waals surface area contributed by atoms with Crippen LogP contribution in [0.4, 0.5) is 5.69 Å². The van der Waals surface area contributed by atoms with Crippen LogP contribution in [0.25, 0.3) is 20.8 Å². The first-order valence-electron chi connectivity index (χ1n) is 4.99. The van der Waals surface area contributed by atoms with Gasteiger partial charge in [0.05, 0.1) is 15.9 Å². The molecule has 0 saturated carbocycles. The zero-order valence-corrected chi connectivity index (χ0v) is 11.1. The smallest absolute Gasteiger partial charge is 0.126 e. The quantitative estimate of drug-likeness (QED) is 0.746. The molecule has 0 aliphatic rings. The van der Waals surface area contributed by atoms with Gasteiger partial charge in [0.2, 0.25) is 0 Å². The fraction of sp³-hybridized carbons (Fsp3) is 0. The number of fused-ring (bicyclic) bond motifs is 1. The van der Waals surface area contributed by atoms with E-state index in [4.69, 9.17) is 5.73 Å². The highest BCUT2D eigenvalue weighted by Crippen LogP contribution is 2.31. The van der Waals surface area contributed by atoms with Crippen molar-refractivity contribution in [1.82, 2.24) is 9.97 Å². The van der Waals surface area contributed by atoms with Gasteiger partial charge in [0.15, 0.2) is 0 Å². The van der Waals surface area contributed by atoms with Gasteiger partial charge in [0, 0.05) is 22.4 Å². The molecule has 3 rings (SSSR count). The first-order valence-corrected chi connectivity index (χ1v) is 6.60. The molecular formula is C12H8BrN3S. The highest BCUT2D eigenvalue weighted by molar-refractivity contribution is 9.10. The Hall–Kier alpha value is -1.46. The second-order valence-corrected chi connectivity index (χ2v) is 5.58. The van der Waals surface area contributed by atoms with E-state index < -0.39 is 0 Å². The van der Waals surface area contributed by atoms with E-state index in [1.54, 1.807) is 23.7 Å². The van der Waals surface area contributed by atoms with Crippen LogP contribution >= 0.6 is 27.3 Å². The molecule has 2 N–H and O–H groups in total. The summed E-state index contributed by atoms with van der Waals surface area (Å²) in [5, 5.41) is 0.943. The number of aromatic nitrogens is 2. The van der Waals surface area contributed by atoms with E-state index in [1.807, 2.05) is 18.2 Å². The number of halogens is 1. The van der Waals surface area contributed by atoms with E-state index in [0.717, 1.165) is 25.3 Å². The fourth-order valence-electron chi connectivity index (χ4n) is 1.60. The molecule has 0 atom stereocenters. The topological polar surface area (TPSA) is 51.8 Å². The predicted octanol–water partition coefficient (Wildman–Crippen LogP) is 3.70. The minimum atomic E-state index is 0.655. The molecule has 0 spiro atoms. The van der Waals surface area contributed by atoms with Gasteiger partial charge in [-0.2, -0.15) is 0 Å². The third-order valence-electron chi connectivity index (χ3n) is 2.36. The van der Waals surface area contributed by atoms with Gasteiger partial charge in [-0.15, -0.1) is 11.3 Å². The van der Waals surface area contributed by atoms with Crippen molar-refractivity contribution in [1.29, 1.82) is 0 Å². The lowest BCUT2D eigenvalue weighted by atomic mass is 10.3. The van der Waals surface area contributed by atoms with Crippen molar-refractivity contribution in [2.45, 2.75) is 0 Å². The van der Waals surface area contributed by atoms with Gasteiger partial charge in [-0.05, 0) is 24.3 Å². The van der Waals surface area contributed by atoms with Gasteiger partial charge >= 0.3 is 0 Å². The van der Waals surface area contributed by atoms with Gasteiger partial charge in [0.25, 0.3) is 0 Å². The SMILES string of the molecule is Nc1cncc(-c2nc3ccc(Br)cc3s2)c1. The summed E-state index contributed by atoms with van der Waals surface area (Å²) in [4.78, 5) is 8.65. The van der Waals surface area contributed by atoms with Crippen LogP contribution in [0, 0.1) is 0 Å². The minimum absolute atomic E-state index is 0.655. The van der Waals surface area contributed by atoms with E-state index in [-0.39, 0.29) is 0 Å². The van der Waals surface area contributed by atoms with Crippen LogP contribution in [0.3, 0.4) is 0 Å². The summed E-state index contributed by atoms with van der Waals surface area (Å²) in [6.07, 6.45) is 3.41. The molecule has 0 amide bonds. The van der Waals surface area contributed by atoms with Gasteiger partial charge in [-0.1, -0.05) is 15.9 Å². The lowest BCUT2D eigenvalue weighted by Crippen LogP contribution is -1.86. The van der Waals surface area contributed by atoms with E-state index in [1.165, 1.54) is 0 Å². The fourth-order valence-corrected chi connectivity index (χ4v) is 3.10. The van der Waals surface area contributed by atoms with Gasteiger partial charge in [0.1, 0.15) is 5.01 Å². The second-order valence-electron chi connectivity index (χ2n) is 3.64. The Balaban J connectivity index is 2.18. The van der Waals surface area contributed by atoms with Crippen LogP contribution in [0.15, 0.2) is 41.1 Å². The Morgan fingerprint density at radius 2 is 2.06 bits per heavy atom. The van der Waals surface area contributed by atoms with Crippen LogP contribution in [0.5, 0.6) is 0 Å². The highest BCUT2D eigenvalue weighted by Gasteiger charge is 2.07. The highest BCUT2D eigenvalue weighted by atomic mass is 79.9. The normalized spacial score (nSPS) is 10.9. The van der Waals surface area contributed by atoms with Crippen molar-refractivity contribution >= 4 is 43.2 Å². The molecule has 0 aliphatic heterocycles. The average Bonchev–Trinajstić information content (AvgIpc) is 2.72. The summed E-state index contributed by atoms with van der Waals surface area (Å²) >= 11 is 5.09. The molecule has 3 aromatic rings. The molecule has 3 nitrogen and oxygen atoms in total. The number of anilines is 1. The lowest BCUT2D eigenvalue weighted by Gasteiger charge is -1.95. The third-order valence-corrected chi connectivity index (χ3v) is 3.92. The van der Waals surface area contributed by atoms with Crippen LogP contribution in [0.2, 0.25) is 0 Å². The molecule has 5 heteroatoms. The summed E-state index contributed by atoms with van der Waals surface area (Å²) in [5.41, 5.74) is 8.33. The first kappa shape index (κ1) is 10.7. The molecule has 17 heavy (non-hydrogen) atoms. The molecule has 2 heterocycles. The Bertz CT molecular complexity index is 693. The van der Waals surface area contributed by atoms with E-state index >= 15 is 0 Å². The maximum Gasteiger partial charge on any atom is 0.126 e. The summed E-state index contributed by atoms with van der Waals surface area (Å²) in [7, 11) is 0. The number of nitrogens with two attached hydrogens (primary N) is 1. The van der Waals surface area contributed by atoms with Crippen LogP contribution in [-0.4, -0.2) is 9.97 Å². The summed E-state index contributed by atoms with van der Waals surface area (Å²) < 4.78 is 2.21. The molecule has 0 aliphatic carbocycles. The Labute approximate surface area is 110 Å². The van der Waals surface area contributed by atoms with Crippen LogP contribution < -0.4 is 5.73 Å². The first-order chi connectivity index (χ1) is 8.22. The number of nitrogens with zero attached hydrogens (tertiary/aromatic N) is 2. The molecule has 0 unspecified atom stereocenters. The summed E-state index contributed by atoms with van der Waals surface area (Å²) in [6, 6.07) is 7.94.